The van der Waals surface area contributed by atoms with Crippen LogP contribution in [0.2, 0.25) is 0 Å². The van der Waals surface area contributed by atoms with Crippen LogP contribution in [0.4, 0.5) is 0 Å². The summed E-state index contributed by atoms with van der Waals surface area (Å²) in [6.07, 6.45) is 7.90. The Hall–Kier alpha value is -0.830. The van der Waals surface area contributed by atoms with Crippen molar-refractivity contribution >= 4 is 47.2 Å². The molecule has 0 spiro atoms. The Bertz CT molecular complexity index is 572. The maximum atomic E-state index is 12.7. The van der Waals surface area contributed by atoms with Crippen LogP contribution in [0, 0.1) is 5.92 Å². The highest BCUT2D eigenvalue weighted by Gasteiger charge is 2.31. The quantitative estimate of drug-likeness (QED) is 0.379. The minimum absolute atomic E-state index is 0. The van der Waals surface area contributed by atoms with Gasteiger partial charge >= 0.3 is 0 Å². The molecule has 26 heavy (non-hydrogen) atoms. The van der Waals surface area contributed by atoms with E-state index >= 15 is 0 Å². The van der Waals surface area contributed by atoms with E-state index in [0.717, 1.165) is 51.3 Å². The SMILES string of the molecule is CN=C(NCCc1cccs1)NC1CCN(C(=O)C2CCCCC2)C1.I. The van der Waals surface area contributed by atoms with Gasteiger partial charge in [-0.05, 0) is 37.1 Å². The lowest BCUT2D eigenvalue weighted by Gasteiger charge is -2.26. The maximum Gasteiger partial charge on any atom is 0.225 e. The third kappa shape index (κ3) is 6.11. The van der Waals surface area contributed by atoms with E-state index in [1.807, 2.05) is 0 Å². The van der Waals surface area contributed by atoms with Gasteiger partial charge in [-0.25, -0.2) is 0 Å². The molecule has 1 aliphatic heterocycles. The molecule has 1 aliphatic carbocycles. The Labute approximate surface area is 178 Å². The molecular formula is C19H31IN4OS. The van der Waals surface area contributed by atoms with Crippen molar-refractivity contribution in [1.82, 2.24) is 15.5 Å². The molecule has 1 atom stereocenters. The highest BCUT2D eigenvalue weighted by molar-refractivity contribution is 14.0. The molecule has 2 fully saturated rings. The van der Waals surface area contributed by atoms with E-state index in [1.54, 1.807) is 18.4 Å². The lowest BCUT2D eigenvalue weighted by molar-refractivity contribution is -0.135. The predicted octanol–water partition coefficient (Wildman–Crippen LogP) is 3.25. The zero-order chi connectivity index (χ0) is 17.5. The fourth-order valence-electron chi connectivity index (χ4n) is 3.83. The lowest BCUT2D eigenvalue weighted by atomic mass is 9.88. The van der Waals surface area contributed by atoms with Gasteiger partial charge in [-0.2, -0.15) is 0 Å². The van der Waals surface area contributed by atoms with Gasteiger partial charge in [0.05, 0.1) is 0 Å². The second-order valence-electron chi connectivity index (χ2n) is 7.08. The summed E-state index contributed by atoms with van der Waals surface area (Å²) < 4.78 is 0. The molecular weight excluding hydrogens is 459 g/mol. The van der Waals surface area contributed by atoms with Crippen LogP contribution in [0.1, 0.15) is 43.4 Å². The molecule has 0 bridgehead atoms. The molecule has 0 aromatic carbocycles. The summed E-state index contributed by atoms with van der Waals surface area (Å²) in [5, 5.41) is 8.98. The normalized spacial score (nSPS) is 21.3. The number of aliphatic imine (C=N–C) groups is 1. The lowest BCUT2D eigenvalue weighted by Crippen LogP contribution is -2.46. The number of hydrogen-bond donors (Lipinski definition) is 2. The van der Waals surface area contributed by atoms with Gasteiger partial charge in [0, 0.05) is 43.5 Å². The van der Waals surface area contributed by atoms with Gasteiger partial charge in [0.15, 0.2) is 5.96 Å². The van der Waals surface area contributed by atoms with Gasteiger partial charge in [0.1, 0.15) is 0 Å². The average molecular weight is 490 g/mol. The first-order chi connectivity index (χ1) is 12.3. The Morgan fingerprint density at radius 1 is 1.31 bits per heavy atom. The van der Waals surface area contributed by atoms with E-state index in [-0.39, 0.29) is 29.9 Å². The Balaban J connectivity index is 0.00000243. The van der Waals surface area contributed by atoms with Crippen LogP contribution in [0.15, 0.2) is 22.5 Å². The second-order valence-corrected chi connectivity index (χ2v) is 8.11. The van der Waals surface area contributed by atoms with Crippen molar-refractivity contribution in [2.45, 2.75) is 51.0 Å². The smallest absolute Gasteiger partial charge is 0.225 e. The summed E-state index contributed by atoms with van der Waals surface area (Å²) in [5.74, 6) is 1.49. The number of amides is 1. The van der Waals surface area contributed by atoms with E-state index in [0.29, 0.717) is 11.9 Å². The first kappa shape index (κ1) is 21.5. The molecule has 7 heteroatoms. The molecule has 1 aromatic heterocycles. The third-order valence-corrected chi connectivity index (χ3v) is 6.20. The van der Waals surface area contributed by atoms with Crippen LogP contribution in [0.3, 0.4) is 0 Å². The first-order valence-corrected chi connectivity index (χ1v) is 10.4. The summed E-state index contributed by atoms with van der Waals surface area (Å²) >= 11 is 1.79. The summed E-state index contributed by atoms with van der Waals surface area (Å²) in [4.78, 5) is 20.4. The summed E-state index contributed by atoms with van der Waals surface area (Å²) in [6, 6.07) is 4.55. The van der Waals surface area contributed by atoms with Gasteiger partial charge in [0.2, 0.25) is 5.91 Å². The van der Waals surface area contributed by atoms with Gasteiger partial charge in [0.25, 0.3) is 0 Å². The number of rotatable bonds is 5. The number of carbonyl (C=O) groups is 1. The minimum atomic E-state index is 0. The molecule has 3 rings (SSSR count). The molecule has 1 saturated heterocycles. The highest BCUT2D eigenvalue weighted by atomic mass is 127. The van der Waals surface area contributed by atoms with E-state index in [2.05, 4.69) is 38.0 Å². The van der Waals surface area contributed by atoms with Crippen molar-refractivity contribution in [2.24, 2.45) is 10.9 Å². The van der Waals surface area contributed by atoms with Crippen LogP contribution in [-0.2, 0) is 11.2 Å². The van der Waals surface area contributed by atoms with Gasteiger partial charge in [-0.15, -0.1) is 35.3 Å². The van der Waals surface area contributed by atoms with Gasteiger partial charge < -0.3 is 15.5 Å². The molecule has 146 valence electrons. The summed E-state index contributed by atoms with van der Waals surface area (Å²) in [7, 11) is 1.81. The van der Waals surface area contributed by atoms with Crippen molar-refractivity contribution in [2.75, 3.05) is 26.7 Å². The number of nitrogens with zero attached hydrogens (tertiary/aromatic N) is 2. The molecule has 5 nitrogen and oxygen atoms in total. The Kier molecular flexibility index (Phi) is 9.18. The first-order valence-electron chi connectivity index (χ1n) is 9.54. The second kappa shape index (κ2) is 11.1. The number of nitrogens with one attached hydrogen (secondary N) is 2. The average Bonchev–Trinajstić information content (AvgIpc) is 3.33. The Morgan fingerprint density at radius 3 is 2.81 bits per heavy atom. The van der Waals surface area contributed by atoms with Crippen LogP contribution in [-0.4, -0.2) is 49.5 Å². The summed E-state index contributed by atoms with van der Waals surface area (Å²) in [5.41, 5.74) is 0. The number of hydrogen-bond acceptors (Lipinski definition) is 3. The van der Waals surface area contributed by atoms with Crippen molar-refractivity contribution in [3.05, 3.63) is 22.4 Å². The number of halogens is 1. The zero-order valence-electron chi connectivity index (χ0n) is 15.6. The molecule has 1 unspecified atom stereocenters. The van der Waals surface area contributed by atoms with Crippen LogP contribution >= 0.6 is 35.3 Å². The van der Waals surface area contributed by atoms with Crippen LogP contribution < -0.4 is 10.6 Å². The van der Waals surface area contributed by atoms with E-state index in [1.165, 1.54) is 24.1 Å². The molecule has 1 aromatic rings. The van der Waals surface area contributed by atoms with E-state index in [4.69, 9.17) is 0 Å². The van der Waals surface area contributed by atoms with E-state index in [9.17, 15) is 4.79 Å². The number of likely N-dealkylation sites (tertiary alicyclic amines) is 1. The maximum absolute atomic E-state index is 12.7. The molecule has 2 N–H and O–H groups in total. The topological polar surface area (TPSA) is 56.7 Å². The number of thiophene rings is 1. The number of carbonyl (C=O) groups excluding carboxylic acids is 1. The fourth-order valence-corrected chi connectivity index (χ4v) is 4.54. The zero-order valence-corrected chi connectivity index (χ0v) is 18.7. The largest absolute Gasteiger partial charge is 0.356 e. The molecule has 2 heterocycles. The van der Waals surface area contributed by atoms with Gasteiger partial charge in [-0.1, -0.05) is 25.3 Å². The minimum Gasteiger partial charge on any atom is -0.356 e. The molecule has 0 radical (unpaired) electrons. The number of guanidine groups is 1. The highest BCUT2D eigenvalue weighted by Crippen LogP contribution is 2.26. The Morgan fingerprint density at radius 2 is 2.12 bits per heavy atom. The van der Waals surface area contributed by atoms with Crippen molar-refractivity contribution in [3.63, 3.8) is 0 Å². The fraction of sp³-hybridized carbons (Fsp3) is 0.684. The van der Waals surface area contributed by atoms with Gasteiger partial charge in [-0.3, -0.25) is 9.79 Å². The van der Waals surface area contributed by atoms with E-state index < -0.39 is 0 Å². The molecule has 2 aliphatic rings. The third-order valence-electron chi connectivity index (χ3n) is 5.26. The molecule has 1 amide bonds. The van der Waals surface area contributed by atoms with Crippen LogP contribution in [0.25, 0.3) is 0 Å². The predicted molar refractivity (Wildman–Crippen MR) is 119 cm³/mol. The standard InChI is InChI=1S/C19H30N4OS.HI/c1-20-19(21-11-9-17-8-5-13-25-17)22-16-10-12-23(14-16)18(24)15-6-3-2-4-7-15;/h5,8,13,15-16H,2-4,6-7,9-12,14H2,1H3,(H2,20,21,22);1H. The molecule has 1 saturated carbocycles. The monoisotopic (exact) mass is 490 g/mol. The van der Waals surface area contributed by atoms with Crippen LogP contribution in [0.5, 0.6) is 0 Å². The van der Waals surface area contributed by atoms with Crippen molar-refractivity contribution in [3.8, 4) is 0 Å². The van der Waals surface area contributed by atoms with Crippen molar-refractivity contribution < 1.29 is 4.79 Å². The van der Waals surface area contributed by atoms with Crippen molar-refractivity contribution in [1.29, 1.82) is 0 Å². The summed E-state index contributed by atoms with van der Waals surface area (Å²) in [6.45, 7) is 2.55.